The maximum atomic E-state index is 13.5. The zero-order valence-electron chi connectivity index (χ0n) is 21.2. The van der Waals surface area contributed by atoms with Crippen molar-refractivity contribution in [1.29, 1.82) is 0 Å². The number of aromatic carboxylic acids is 1. The van der Waals surface area contributed by atoms with Gasteiger partial charge in [-0.3, -0.25) is 9.36 Å². The van der Waals surface area contributed by atoms with Crippen molar-refractivity contribution in [2.75, 3.05) is 36.5 Å². The lowest BCUT2D eigenvalue weighted by molar-refractivity contribution is 0.0691. The van der Waals surface area contributed by atoms with Crippen molar-refractivity contribution in [3.8, 4) is 11.4 Å². The van der Waals surface area contributed by atoms with Crippen molar-refractivity contribution in [3.05, 3.63) is 74.9 Å². The lowest BCUT2D eigenvalue weighted by Gasteiger charge is -2.27. The van der Waals surface area contributed by atoms with E-state index in [0.717, 1.165) is 30.0 Å². The van der Waals surface area contributed by atoms with E-state index in [4.69, 9.17) is 21.3 Å². The molecule has 38 heavy (non-hydrogen) atoms. The molecule has 0 bridgehead atoms. The van der Waals surface area contributed by atoms with E-state index in [1.165, 1.54) is 10.6 Å². The second-order valence-electron chi connectivity index (χ2n) is 9.26. The molecule has 10 nitrogen and oxygen atoms in total. The van der Waals surface area contributed by atoms with Crippen LogP contribution >= 0.6 is 11.6 Å². The Morgan fingerprint density at radius 3 is 2.61 bits per heavy atom. The SMILES string of the molecule is Cc1cc(C(C)Nc2ccc(Cl)nc2C(=O)O)c2nc(-c3ccc(N4CCOCC4)nc3)n(C)c(=O)c2c1. The van der Waals surface area contributed by atoms with Crippen LogP contribution in [0.2, 0.25) is 5.15 Å². The average molecular weight is 535 g/mol. The van der Waals surface area contributed by atoms with Gasteiger partial charge in [-0.2, -0.15) is 0 Å². The maximum Gasteiger partial charge on any atom is 0.356 e. The number of nitrogens with zero attached hydrogens (tertiary/aromatic N) is 5. The first-order valence-corrected chi connectivity index (χ1v) is 12.6. The molecule has 0 saturated carbocycles. The number of carboxylic acids is 1. The van der Waals surface area contributed by atoms with Crippen molar-refractivity contribution in [2.45, 2.75) is 19.9 Å². The van der Waals surface area contributed by atoms with E-state index in [2.05, 4.69) is 20.2 Å². The molecule has 4 heterocycles. The number of nitrogens with one attached hydrogen (secondary N) is 1. The van der Waals surface area contributed by atoms with Gasteiger partial charge in [0, 0.05) is 37.5 Å². The van der Waals surface area contributed by atoms with Gasteiger partial charge in [0.2, 0.25) is 0 Å². The molecule has 1 atom stereocenters. The monoisotopic (exact) mass is 534 g/mol. The lowest BCUT2D eigenvalue weighted by atomic mass is 10.0. The van der Waals surface area contributed by atoms with Crippen molar-refractivity contribution in [2.24, 2.45) is 7.05 Å². The first-order chi connectivity index (χ1) is 18.2. The standard InChI is InChI=1S/C27H27ClN6O4/c1-15-12-18(16(2)30-20-5-6-21(28)31-24(20)27(36)37)23-19(13-15)26(35)33(3)25(32-23)17-4-7-22(29-14-17)34-8-10-38-11-9-34/h4-7,12-14,16,30H,8-11H2,1-3H3,(H,36,37). The summed E-state index contributed by atoms with van der Waals surface area (Å²) >= 11 is 5.91. The van der Waals surface area contributed by atoms with E-state index in [1.807, 2.05) is 38.1 Å². The fraction of sp³-hybridized carbons (Fsp3) is 0.296. The number of aromatic nitrogens is 4. The molecule has 3 aromatic heterocycles. The number of anilines is 2. The summed E-state index contributed by atoms with van der Waals surface area (Å²) in [6.45, 7) is 6.67. The van der Waals surface area contributed by atoms with Crippen LogP contribution in [0.25, 0.3) is 22.3 Å². The van der Waals surface area contributed by atoms with Gasteiger partial charge in [0.05, 0.1) is 35.8 Å². The number of hydrogen-bond acceptors (Lipinski definition) is 8. The molecule has 1 fully saturated rings. The first-order valence-electron chi connectivity index (χ1n) is 12.2. The van der Waals surface area contributed by atoms with Crippen LogP contribution in [0.1, 0.15) is 34.6 Å². The highest BCUT2D eigenvalue weighted by molar-refractivity contribution is 6.29. The molecule has 0 amide bonds. The summed E-state index contributed by atoms with van der Waals surface area (Å²) in [5, 5.41) is 13.4. The summed E-state index contributed by atoms with van der Waals surface area (Å²) < 4.78 is 6.95. The molecule has 2 N–H and O–H groups in total. The molecule has 1 unspecified atom stereocenters. The Balaban J connectivity index is 1.57. The third-order valence-corrected chi connectivity index (χ3v) is 6.81. The van der Waals surface area contributed by atoms with Gasteiger partial charge in [-0.25, -0.2) is 19.7 Å². The number of aryl methyl sites for hydroxylation is 1. The number of halogens is 1. The zero-order chi connectivity index (χ0) is 27.0. The number of carboxylic acid groups (broad SMARTS) is 1. The Kier molecular flexibility index (Phi) is 7.00. The minimum Gasteiger partial charge on any atom is -0.476 e. The molecular weight excluding hydrogens is 508 g/mol. The van der Waals surface area contributed by atoms with Crippen LogP contribution in [0.5, 0.6) is 0 Å². The molecule has 1 aromatic carbocycles. The van der Waals surface area contributed by atoms with Gasteiger partial charge >= 0.3 is 5.97 Å². The summed E-state index contributed by atoms with van der Waals surface area (Å²) in [6, 6.07) is 10.3. The quantitative estimate of drug-likeness (QED) is 0.352. The van der Waals surface area contributed by atoms with Crippen molar-refractivity contribution in [1.82, 2.24) is 19.5 Å². The predicted octanol–water partition coefficient (Wildman–Crippen LogP) is 4.06. The smallest absolute Gasteiger partial charge is 0.356 e. The van der Waals surface area contributed by atoms with Crippen LogP contribution in [0.15, 0.2) is 47.4 Å². The molecule has 196 valence electrons. The normalized spacial score (nSPS) is 14.5. The first kappa shape index (κ1) is 25.6. The Labute approximate surface area is 223 Å². The Morgan fingerprint density at radius 1 is 1.16 bits per heavy atom. The third-order valence-electron chi connectivity index (χ3n) is 6.60. The number of benzene rings is 1. The number of fused-ring (bicyclic) bond motifs is 1. The van der Waals surface area contributed by atoms with E-state index in [0.29, 0.717) is 41.2 Å². The molecule has 5 rings (SSSR count). The minimum atomic E-state index is -1.20. The Morgan fingerprint density at radius 2 is 1.92 bits per heavy atom. The molecular formula is C27H27ClN6O4. The number of pyridine rings is 2. The van der Waals surface area contributed by atoms with Crippen LogP contribution in [0, 0.1) is 6.92 Å². The van der Waals surface area contributed by atoms with Crippen LogP contribution in [-0.4, -0.2) is 56.9 Å². The van der Waals surface area contributed by atoms with Gasteiger partial charge < -0.3 is 20.1 Å². The molecule has 11 heteroatoms. The zero-order valence-corrected chi connectivity index (χ0v) is 22.0. The Bertz CT molecular complexity index is 1580. The van der Waals surface area contributed by atoms with Crippen LogP contribution in [-0.2, 0) is 11.8 Å². The average Bonchev–Trinajstić information content (AvgIpc) is 2.92. The number of ether oxygens (including phenoxy) is 1. The highest BCUT2D eigenvalue weighted by atomic mass is 35.5. The molecule has 0 spiro atoms. The molecule has 4 aromatic rings. The van der Waals surface area contributed by atoms with Gasteiger partial charge in [0.15, 0.2) is 5.69 Å². The highest BCUT2D eigenvalue weighted by Crippen LogP contribution is 2.29. The van der Waals surface area contributed by atoms with Crippen LogP contribution in [0.4, 0.5) is 11.5 Å². The number of carbonyl (C=O) groups is 1. The highest BCUT2D eigenvalue weighted by Gasteiger charge is 2.20. The lowest BCUT2D eigenvalue weighted by Crippen LogP contribution is -2.36. The van der Waals surface area contributed by atoms with E-state index in [9.17, 15) is 14.7 Å². The van der Waals surface area contributed by atoms with Crippen LogP contribution in [0.3, 0.4) is 0 Å². The molecule has 0 radical (unpaired) electrons. The van der Waals surface area contributed by atoms with Crippen molar-refractivity contribution < 1.29 is 14.6 Å². The maximum absolute atomic E-state index is 13.5. The van der Waals surface area contributed by atoms with Crippen molar-refractivity contribution in [3.63, 3.8) is 0 Å². The molecule has 1 aliphatic rings. The summed E-state index contributed by atoms with van der Waals surface area (Å²) in [5.41, 5.74) is 2.84. The van der Waals surface area contributed by atoms with E-state index < -0.39 is 12.0 Å². The number of rotatable bonds is 6. The van der Waals surface area contributed by atoms with Crippen LogP contribution < -0.4 is 15.8 Å². The summed E-state index contributed by atoms with van der Waals surface area (Å²) in [5.74, 6) is 0.140. The van der Waals surface area contributed by atoms with Gasteiger partial charge in [-0.1, -0.05) is 17.7 Å². The molecule has 1 aliphatic heterocycles. The number of morpholine rings is 1. The summed E-state index contributed by atoms with van der Waals surface area (Å²) in [4.78, 5) is 40.8. The van der Waals surface area contributed by atoms with Gasteiger partial charge in [0.1, 0.15) is 16.8 Å². The largest absolute Gasteiger partial charge is 0.476 e. The minimum absolute atomic E-state index is 0.0876. The fourth-order valence-corrected chi connectivity index (χ4v) is 4.81. The molecule has 0 aliphatic carbocycles. The second-order valence-corrected chi connectivity index (χ2v) is 9.64. The van der Waals surface area contributed by atoms with Gasteiger partial charge in [-0.15, -0.1) is 0 Å². The van der Waals surface area contributed by atoms with Gasteiger partial charge in [-0.05, 0) is 49.7 Å². The van der Waals surface area contributed by atoms with Gasteiger partial charge in [0.25, 0.3) is 5.56 Å². The predicted molar refractivity (Wildman–Crippen MR) is 146 cm³/mol. The van der Waals surface area contributed by atoms with E-state index in [-0.39, 0.29) is 16.4 Å². The van der Waals surface area contributed by atoms with E-state index >= 15 is 0 Å². The Hall–Kier alpha value is -4.02. The summed E-state index contributed by atoms with van der Waals surface area (Å²) in [7, 11) is 1.70. The second kappa shape index (κ2) is 10.4. The van der Waals surface area contributed by atoms with Crippen molar-refractivity contribution >= 4 is 40.0 Å². The summed E-state index contributed by atoms with van der Waals surface area (Å²) in [6.07, 6.45) is 1.73. The number of hydrogen-bond donors (Lipinski definition) is 2. The third kappa shape index (κ3) is 4.92. The fourth-order valence-electron chi connectivity index (χ4n) is 4.66. The molecule has 1 saturated heterocycles. The topological polar surface area (TPSA) is 122 Å². The van der Waals surface area contributed by atoms with E-state index in [1.54, 1.807) is 19.3 Å².